The van der Waals surface area contributed by atoms with Crippen molar-refractivity contribution in [2.75, 3.05) is 0 Å². The molecule has 10 nitrogen and oxygen atoms in total. The summed E-state index contributed by atoms with van der Waals surface area (Å²) in [5.74, 6) is -0.472. The Labute approximate surface area is 193 Å². The summed E-state index contributed by atoms with van der Waals surface area (Å²) < 4.78 is 11.5. The third-order valence-electron chi connectivity index (χ3n) is 5.02. The summed E-state index contributed by atoms with van der Waals surface area (Å²) in [5.41, 5.74) is 0.638. The Morgan fingerprint density at radius 1 is 0.941 bits per heavy atom. The lowest BCUT2D eigenvalue weighted by Crippen LogP contribution is -2.33. The van der Waals surface area contributed by atoms with E-state index in [4.69, 9.17) is 0 Å². The number of phenols is 1. The van der Waals surface area contributed by atoms with E-state index >= 15 is 0 Å². The van der Waals surface area contributed by atoms with Crippen LogP contribution in [0.4, 0.5) is 0 Å². The number of benzene rings is 2. The second-order valence-corrected chi connectivity index (χ2v) is 8.93. The first-order chi connectivity index (χ1) is 16.2. The maximum Gasteiger partial charge on any atom is 0.356 e. The Bertz CT molecular complexity index is 1420. The van der Waals surface area contributed by atoms with Crippen LogP contribution in [0.3, 0.4) is 0 Å². The van der Waals surface area contributed by atoms with Crippen molar-refractivity contribution < 1.29 is 24.3 Å². The predicted molar refractivity (Wildman–Crippen MR) is 124 cm³/mol. The highest BCUT2D eigenvalue weighted by atomic mass is 31.2. The fourth-order valence-corrected chi connectivity index (χ4v) is 3.82. The van der Waals surface area contributed by atoms with Gasteiger partial charge in [0.25, 0.3) is 11.5 Å². The smallest absolute Gasteiger partial charge is 0.356 e. The third kappa shape index (κ3) is 5.10. The van der Waals surface area contributed by atoms with Gasteiger partial charge in [0.15, 0.2) is 5.82 Å². The number of carbonyl (C=O) groups excluding carboxylic acids is 1. The summed E-state index contributed by atoms with van der Waals surface area (Å²) >= 11 is 0. The Morgan fingerprint density at radius 2 is 1.59 bits per heavy atom. The quantitative estimate of drug-likeness (QED) is 0.262. The van der Waals surface area contributed by atoms with Crippen LogP contribution in [0.25, 0.3) is 11.5 Å². The summed E-state index contributed by atoms with van der Waals surface area (Å²) in [4.78, 5) is 55.1. The SMILES string of the molecule is O=C(NC(c1ccc(O)cc1)c1ccc(P(=O)(O)O)cc1)c1cnc(-c2ccccn2)[nH]c1=O. The van der Waals surface area contributed by atoms with Crippen molar-refractivity contribution in [2.45, 2.75) is 6.04 Å². The first kappa shape index (κ1) is 23.1. The number of rotatable bonds is 6. The zero-order chi connectivity index (χ0) is 24.3. The summed E-state index contributed by atoms with van der Waals surface area (Å²) in [6.45, 7) is 0. The molecule has 1 atom stereocenters. The summed E-state index contributed by atoms with van der Waals surface area (Å²) in [5, 5.41) is 12.2. The standard InChI is InChI=1S/C23H19N4O6P/c28-16-8-4-14(5-9-16)20(15-6-10-17(11-7-15)34(31,32)33)26-22(29)18-13-25-21(27-23(18)30)19-3-1-2-12-24-19/h1-13,20,28H,(H,26,29)(H,25,27,30)(H2,31,32,33). The molecule has 2 aromatic carbocycles. The molecule has 11 heteroatoms. The van der Waals surface area contributed by atoms with E-state index in [0.717, 1.165) is 6.20 Å². The van der Waals surface area contributed by atoms with Crippen molar-refractivity contribution in [3.05, 3.63) is 106 Å². The average Bonchev–Trinajstić information content (AvgIpc) is 2.83. The van der Waals surface area contributed by atoms with E-state index in [2.05, 4.69) is 20.3 Å². The number of hydrogen-bond donors (Lipinski definition) is 5. The molecule has 4 aromatic rings. The maximum absolute atomic E-state index is 13.0. The molecule has 0 spiro atoms. The van der Waals surface area contributed by atoms with Crippen LogP contribution < -0.4 is 16.2 Å². The molecule has 0 saturated heterocycles. The molecule has 5 N–H and O–H groups in total. The van der Waals surface area contributed by atoms with Gasteiger partial charge in [0.2, 0.25) is 0 Å². The van der Waals surface area contributed by atoms with Crippen LogP contribution in [-0.2, 0) is 4.57 Å². The fraction of sp³-hybridized carbons (Fsp3) is 0.0435. The molecule has 0 radical (unpaired) electrons. The lowest BCUT2D eigenvalue weighted by molar-refractivity contribution is 0.0941. The molecular weight excluding hydrogens is 459 g/mol. The van der Waals surface area contributed by atoms with E-state index in [9.17, 15) is 29.0 Å². The van der Waals surface area contributed by atoms with E-state index in [-0.39, 0.29) is 22.4 Å². The van der Waals surface area contributed by atoms with Gasteiger partial charge in [-0.1, -0.05) is 30.3 Å². The normalized spacial score (nSPS) is 12.2. The lowest BCUT2D eigenvalue weighted by Gasteiger charge is -2.20. The van der Waals surface area contributed by atoms with Gasteiger partial charge in [-0.15, -0.1) is 0 Å². The van der Waals surface area contributed by atoms with E-state index < -0.39 is 25.1 Å². The Kier molecular flexibility index (Phi) is 6.38. The largest absolute Gasteiger partial charge is 0.508 e. The number of carbonyl (C=O) groups is 1. The Balaban J connectivity index is 1.66. The van der Waals surface area contributed by atoms with Gasteiger partial charge >= 0.3 is 7.60 Å². The number of amides is 1. The number of pyridine rings is 1. The van der Waals surface area contributed by atoms with Gasteiger partial charge in [0.1, 0.15) is 17.0 Å². The number of aromatic amines is 1. The van der Waals surface area contributed by atoms with Crippen molar-refractivity contribution in [1.82, 2.24) is 20.3 Å². The van der Waals surface area contributed by atoms with Gasteiger partial charge in [0.05, 0.1) is 11.3 Å². The van der Waals surface area contributed by atoms with Gasteiger partial charge in [-0.25, -0.2) is 4.98 Å². The zero-order valence-corrected chi connectivity index (χ0v) is 18.4. The van der Waals surface area contributed by atoms with Crippen LogP contribution >= 0.6 is 7.60 Å². The fourth-order valence-electron chi connectivity index (χ4n) is 3.29. The number of hydrogen-bond acceptors (Lipinski definition) is 6. The van der Waals surface area contributed by atoms with Gasteiger partial charge < -0.3 is 25.2 Å². The topological polar surface area (TPSA) is 166 Å². The second-order valence-electron chi connectivity index (χ2n) is 7.32. The number of aromatic nitrogens is 3. The van der Waals surface area contributed by atoms with Crippen molar-refractivity contribution in [1.29, 1.82) is 0 Å². The molecule has 1 amide bonds. The van der Waals surface area contributed by atoms with Crippen LogP contribution in [0.1, 0.15) is 27.5 Å². The van der Waals surface area contributed by atoms with E-state index in [1.54, 1.807) is 36.5 Å². The molecule has 34 heavy (non-hydrogen) atoms. The zero-order valence-electron chi connectivity index (χ0n) is 17.5. The molecule has 0 saturated carbocycles. The molecule has 0 bridgehead atoms. The highest BCUT2D eigenvalue weighted by Gasteiger charge is 2.22. The molecular formula is C23H19N4O6P. The highest BCUT2D eigenvalue weighted by molar-refractivity contribution is 7.60. The molecule has 2 aromatic heterocycles. The van der Waals surface area contributed by atoms with Crippen molar-refractivity contribution in [3.63, 3.8) is 0 Å². The summed E-state index contributed by atoms with van der Waals surface area (Å²) in [7, 11) is -4.44. The van der Waals surface area contributed by atoms with Crippen molar-refractivity contribution in [2.24, 2.45) is 0 Å². The van der Waals surface area contributed by atoms with Gasteiger partial charge in [-0.2, -0.15) is 0 Å². The first-order valence-corrected chi connectivity index (χ1v) is 11.6. The Hall–Kier alpha value is -4.11. The Morgan fingerprint density at radius 3 is 2.15 bits per heavy atom. The minimum Gasteiger partial charge on any atom is -0.508 e. The monoisotopic (exact) mass is 478 g/mol. The minimum atomic E-state index is -4.44. The van der Waals surface area contributed by atoms with Gasteiger partial charge in [0, 0.05) is 12.4 Å². The molecule has 0 aliphatic rings. The van der Waals surface area contributed by atoms with Crippen LogP contribution in [0, 0.1) is 0 Å². The summed E-state index contributed by atoms with van der Waals surface area (Å²) in [6, 6.07) is 15.9. The van der Waals surface area contributed by atoms with Crippen LogP contribution in [0.2, 0.25) is 0 Å². The van der Waals surface area contributed by atoms with Gasteiger partial charge in [-0.05, 0) is 47.5 Å². The molecule has 0 fully saturated rings. The van der Waals surface area contributed by atoms with Crippen LogP contribution in [0.5, 0.6) is 5.75 Å². The van der Waals surface area contributed by atoms with E-state index in [1.165, 1.54) is 36.4 Å². The third-order valence-corrected chi connectivity index (χ3v) is 5.99. The minimum absolute atomic E-state index is 0.0245. The molecule has 4 rings (SSSR count). The van der Waals surface area contributed by atoms with E-state index in [0.29, 0.717) is 16.8 Å². The molecule has 1 unspecified atom stereocenters. The molecule has 0 aliphatic heterocycles. The number of H-pyrrole nitrogens is 1. The maximum atomic E-state index is 13.0. The van der Waals surface area contributed by atoms with Crippen molar-refractivity contribution >= 4 is 18.8 Å². The molecule has 2 heterocycles. The van der Waals surface area contributed by atoms with Crippen LogP contribution in [-0.4, -0.2) is 35.8 Å². The number of phenolic OH excluding ortho intramolecular Hbond substituents is 1. The predicted octanol–water partition coefficient (Wildman–Crippen LogP) is 1.86. The summed E-state index contributed by atoms with van der Waals surface area (Å²) in [6.07, 6.45) is 2.71. The molecule has 0 aliphatic carbocycles. The van der Waals surface area contributed by atoms with Crippen molar-refractivity contribution in [3.8, 4) is 17.3 Å². The lowest BCUT2D eigenvalue weighted by atomic mass is 9.98. The number of aromatic hydroxyl groups is 1. The first-order valence-electron chi connectivity index (χ1n) is 9.99. The van der Waals surface area contributed by atoms with Crippen LogP contribution in [0.15, 0.2) is 83.9 Å². The number of nitrogens with one attached hydrogen (secondary N) is 2. The second kappa shape index (κ2) is 9.40. The van der Waals surface area contributed by atoms with E-state index in [1.807, 2.05) is 0 Å². The molecule has 172 valence electrons. The number of nitrogens with zero attached hydrogens (tertiary/aromatic N) is 2. The van der Waals surface area contributed by atoms with Gasteiger partial charge in [-0.3, -0.25) is 19.1 Å². The average molecular weight is 478 g/mol. The highest BCUT2D eigenvalue weighted by Crippen LogP contribution is 2.34.